The molecular formula is C15H30N2O2. The second-order valence-electron chi connectivity index (χ2n) is 6.94. The minimum Gasteiger partial charge on any atom is -0.444 e. The van der Waals surface area contributed by atoms with Gasteiger partial charge in [0.05, 0.1) is 0 Å². The van der Waals surface area contributed by atoms with Gasteiger partial charge in [0.15, 0.2) is 0 Å². The minimum absolute atomic E-state index is 0.178. The summed E-state index contributed by atoms with van der Waals surface area (Å²) < 4.78 is 5.40. The van der Waals surface area contributed by atoms with Gasteiger partial charge in [0.2, 0.25) is 0 Å². The van der Waals surface area contributed by atoms with E-state index in [-0.39, 0.29) is 6.09 Å². The molecule has 1 unspecified atom stereocenters. The van der Waals surface area contributed by atoms with E-state index in [1.165, 1.54) is 0 Å². The molecule has 0 saturated carbocycles. The molecule has 0 aromatic carbocycles. The van der Waals surface area contributed by atoms with Gasteiger partial charge in [-0.3, -0.25) is 0 Å². The van der Waals surface area contributed by atoms with Crippen molar-refractivity contribution in [3.8, 4) is 0 Å². The van der Waals surface area contributed by atoms with E-state index >= 15 is 0 Å². The number of carbonyl (C=O) groups excluding carboxylic acids is 1. The van der Waals surface area contributed by atoms with Crippen LogP contribution in [-0.2, 0) is 4.74 Å². The van der Waals surface area contributed by atoms with E-state index in [1.807, 2.05) is 25.7 Å². The number of hydrogen-bond acceptors (Lipinski definition) is 3. The van der Waals surface area contributed by atoms with E-state index in [0.29, 0.717) is 18.0 Å². The summed E-state index contributed by atoms with van der Waals surface area (Å²) in [7, 11) is 0. The monoisotopic (exact) mass is 270 g/mol. The van der Waals surface area contributed by atoms with Crippen molar-refractivity contribution in [1.82, 2.24) is 10.2 Å². The van der Waals surface area contributed by atoms with Gasteiger partial charge in [0.25, 0.3) is 0 Å². The van der Waals surface area contributed by atoms with Gasteiger partial charge in [-0.15, -0.1) is 0 Å². The highest BCUT2D eigenvalue weighted by Gasteiger charge is 2.27. The van der Waals surface area contributed by atoms with Gasteiger partial charge in [-0.25, -0.2) is 4.79 Å². The van der Waals surface area contributed by atoms with Gasteiger partial charge in [-0.2, -0.15) is 0 Å². The van der Waals surface area contributed by atoms with Crippen molar-refractivity contribution in [1.29, 1.82) is 0 Å². The summed E-state index contributed by atoms with van der Waals surface area (Å²) in [5.41, 5.74) is -0.404. The number of hydrogen-bond donors (Lipinski definition) is 1. The molecule has 1 N–H and O–H groups in total. The van der Waals surface area contributed by atoms with Crippen molar-refractivity contribution >= 4 is 6.09 Å². The Labute approximate surface area is 117 Å². The molecule has 1 atom stereocenters. The van der Waals surface area contributed by atoms with Gasteiger partial charge in [-0.05, 0) is 46.5 Å². The van der Waals surface area contributed by atoms with Crippen molar-refractivity contribution in [2.45, 2.75) is 72.1 Å². The first-order valence-electron chi connectivity index (χ1n) is 7.43. The largest absolute Gasteiger partial charge is 0.444 e. The average molecular weight is 270 g/mol. The third-order valence-corrected chi connectivity index (χ3v) is 3.65. The first-order chi connectivity index (χ1) is 8.69. The maximum absolute atomic E-state index is 11.9. The highest BCUT2D eigenvalue weighted by atomic mass is 16.6. The molecule has 1 heterocycles. The number of ether oxygens (including phenoxy) is 1. The normalized spacial score (nSPS) is 19.6. The predicted molar refractivity (Wildman–Crippen MR) is 78.3 cm³/mol. The van der Waals surface area contributed by atoms with Crippen molar-refractivity contribution in [3.05, 3.63) is 0 Å². The predicted octanol–water partition coefficient (Wildman–Crippen LogP) is 3.02. The van der Waals surface area contributed by atoms with Crippen LogP contribution in [0.1, 0.15) is 54.4 Å². The fraction of sp³-hybridized carbons (Fsp3) is 0.933. The molecule has 1 fully saturated rings. The quantitative estimate of drug-likeness (QED) is 0.857. The van der Waals surface area contributed by atoms with Crippen LogP contribution in [0.25, 0.3) is 0 Å². The van der Waals surface area contributed by atoms with Crippen LogP contribution < -0.4 is 5.32 Å². The second kappa shape index (κ2) is 6.60. The van der Waals surface area contributed by atoms with Crippen LogP contribution in [0.3, 0.4) is 0 Å². The van der Waals surface area contributed by atoms with Crippen molar-refractivity contribution in [2.24, 2.45) is 5.92 Å². The van der Waals surface area contributed by atoms with Crippen LogP contribution in [0.2, 0.25) is 0 Å². The molecule has 1 amide bonds. The van der Waals surface area contributed by atoms with Crippen LogP contribution >= 0.6 is 0 Å². The lowest BCUT2D eigenvalue weighted by Crippen LogP contribution is -2.49. The molecule has 1 aliphatic rings. The number of nitrogens with one attached hydrogen (secondary N) is 1. The summed E-state index contributed by atoms with van der Waals surface area (Å²) in [4.78, 5) is 13.8. The topological polar surface area (TPSA) is 41.6 Å². The number of rotatable bonds is 3. The number of amides is 1. The van der Waals surface area contributed by atoms with E-state index in [2.05, 4.69) is 26.1 Å². The Kier molecular flexibility index (Phi) is 5.65. The maximum Gasteiger partial charge on any atom is 0.410 e. The number of likely N-dealkylation sites (tertiary alicyclic amines) is 1. The summed E-state index contributed by atoms with van der Waals surface area (Å²) in [6.07, 6.45) is 1.84. The lowest BCUT2D eigenvalue weighted by molar-refractivity contribution is 0.0195. The van der Waals surface area contributed by atoms with Gasteiger partial charge < -0.3 is 15.0 Å². The summed E-state index contributed by atoms with van der Waals surface area (Å²) in [6.45, 7) is 14.0. The van der Waals surface area contributed by atoms with E-state index in [0.717, 1.165) is 25.9 Å². The van der Waals surface area contributed by atoms with Crippen LogP contribution in [-0.4, -0.2) is 41.8 Å². The molecule has 0 radical (unpaired) electrons. The Bertz CT molecular complexity index is 289. The zero-order valence-corrected chi connectivity index (χ0v) is 13.3. The molecule has 112 valence electrons. The summed E-state index contributed by atoms with van der Waals surface area (Å²) in [6, 6.07) is 1.05. The third-order valence-electron chi connectivity index (χ3n) is 3.65. The molecule has 0 spiro atoms. The highest BCUT2D eigenvalue weighted by molar-refractivity contribution is 5.68. The van der Waals surface area contributed by atoms with Gasteiger partial charge >= 0.3 is 6.09 Å². The molecule has 0 bridgehead atoms. The minimum atomic E-state index is -0.404. The molecule has 0 aromatic rings. The number of carbonyl (C=O) groups is 1. The molecule has 19 heavy (non-hydrogen) atoms. The van der Waals surface area contributed by atoms with Crippen LogP contribution in [0.15, 0.2) is 0 Å². The molecule has 1 aliphatic heterocycles. The van der Waals surface area contributed by atoms with E-state index in [4.69, 9.17) is 4.74 Å². The Morgan fingerprint density at radius 3 is 2.16 bits per heavy atom. The number of nitrogens with zero attached hydrogens (tertiary/aromatic N) is 1. The van der Waals surface area contributed by atoms with Crippen LogP contribution in [0, 0.1) is 5.92 Å². The molecule has 4 nitrogen and oxygen atoms in total. The smallest absolute Gasteiger partial charge is 0.410 e. The second-order valence-corrected chi connectivity index (χ2v) is 6.94. The molecule has 0 aliphatic carbocycles. The summed E-state index contributed by atoms with van der Waals surface area (Å²) >= 11 is 0. The van der Waals surface area contributed by atoms with E-state index in [1.54, 1.807) is 0 Å². The summed E-state index contributed by atoms with van der Waals surface area (Å²) in [5.74, 6) is 0.642. The van der Waals surface area contributed by atoms with Gasteiger partial charge in [0, 0.05) is 25.2 Å². The summed E-state index contributed by atoms with van der Waals surface area (Å²) in [5, 5.41) is 3.65. The Morgan fingerprint density at radius 1 is 1.21 bits per heavy atom. The molecule has 4 heteroatoms. The van der Waals surface area contributed by atoms with Crippen molar-refractivity contribution in [3.63, 3.8) is 0 Å². The van der Waals surface area contributed by atoms with Crippen molar-refractivity contribution in [2.75, 3.05) is 13.1 Å². The molecular weight excluding hydrogens is 240 g/mol. The SMILES string of the molecule is CC(C)C(C)NC1CCN(C(=O)OC(C)(C)C)CC1. The first-order valence-corrected chi connectivity index (χ1v) is 7.43. The molecule has 0 aromatic heterocycles. The fourth-order valence-corrected chi connectivity index (χ4v) is 2.12. The van der Waals surface area contributed by atoms with Crippen LogP contribution in [0.5, 0.6) is 0 Å². The zero-order valence-electron chi connectivity index (χ0n) is 13.3. The lowest BCUT2D eigenvalue weighted by atomic mass is 10.0. The Hall–Kier alpha value is -0.770. The highest BCUT2D eigenvalue weighted by Crippen LogP contribution is 2.16. The molecule has 1 saturated heterocycles. The average Bonchev–Trinajstić information content (AvgIpc) is 2.27. The first kappa shape index (κ1) is 16.3. The van der Waals surface area contributed by atoms with E-state index < -0.39 is 5.60 Å². The lowest BCUT2D eigenvalue weighted by Gasteiger charge is -2.35. The fourth-order valence-electron chi connectivity index (χ4n) is 2.12. The third kappa shape index (κ3) is 5.81. The van der Waals surface area contributed by atoms with Gasteiger partial charge in [-0.1, -0.05) is 13.8 Å². The van der Waals surface area contributed by atoms with Crippen molar-refractivity contribution < 1.29 is 9.53 Å². The zero-order chi connectivity index (χ0) is 14.6. The maximum atomic E-state index is 11.9. The number of piperidine rings is 1. The molecule has 1 rings (SSSR count). The Balaban J connectivity index is 2.35. The van der Waals surface area contributed by atoms with Crippen LogP contribution in [0.4, 0.5) is 4.79 Å². The standard InChI is InChI=1S/C15H30N2O2/c1-11(2)12(3)16-13-7-9-17(10-8-13)14(18)19-15(4,5)6/h11-13,16H,7-10H2,1-6H3. The van der Waals surface area contributed by atoms with Gasteiger partial charge in [0.1, 0.15) is 5.60 Å². The Morgan fingerprint density at radius 2 is 1.74 bits per heavy atom. The van der Waals surface area contributed by atoms with E-state index in [9.17, 15) is 4.79 Å².